The first-order valence-corrected chi connectivity index (χ1v) is 8.05. The van der Waals surface area contributed by atoms with E-state index in [1.807, 2.05) is 4.68 Å². The Kier molecular flexibility index (Phi) is 4.11. The van der Waals surface area contributed by atoms with E-state index in [0.29, 0.717) is 12.0 Å². The van der Waals surface area contributed by atoms with E-state index in [9.17, 15) is 0 Å². The van der Waals surface area contributed by atoms with Crippen molar-refractivity contribution >= 4 is 0 Å². The van der Waals surface area contributed by atoms with Gasteiger partial charge in [-0.05, 0) is 36.6 Å². The Labute approximate surface area is 127 Å². The fourth-order valence-corrected chi connectivity index (χ4v) is 3.44. The van der Waals surface area contributed by atoms with Crippen molar-refractivity contribution in [3.05, 3.63) is 52.8 Å². The van der Waals surface area contributed by atoms with E-state index in [1.165, 1.54) is 28.9 Å². The predicted molar refractivity (Wildman–Crippen MR) is 86.6 cm³/mol. The maximum absolute atomic E-state index is 4.58. The van der Waals surface area contributed by atoms with Crippen LogP contribution in [0.3, 0.4) is 0 Å². The molecule has 0 amide bonds. The van der Waals surface area contributed by atoms with Crippen LogP contribution in [0.15, 0.2) is 30.3 Å². The lowest BCUT2D eigenvalue weighted by Gasteiger charge is -2.37. The van der Waals surface area contributed by atoms with Gasteiger partial charge in [0.1, 0.15) is 0 Å². The minimum absolute atomic E-state index is 0.505. The van der Waals surface area contributed by atoms with Crippen LogP contribution >= 0.6 is 0 Å². The number of aromatic nitrogens is 2. The molecule has 21 heavy (non-hydrogen) atoms. The van der Waals surface area contributed by atoms with Gasteiger partial charge in [0.15, 0.2) is 0 Å². The van der Waals surface area contributed by atoms with Crippen LogP contribution in [0.4, 0.5) is 0 Å². The molecule has 0 saturated heterocycles. The molecule has 0 bridgehead atoms. The summed E-state index contributed by atoms with van der Waals surface area (Å²) in [5.41, 5.74) is 5.57. The van der Waals surface area contributed by atoms with Crippen LogP contribution in [0.2, 0.25) is 0 Å². The molecule has 1 N–H and O–H groups in total. The van der Waals surface area contributed by atoms with Crippen molar-refractivity contribution in [3.63, 3.8) is 0 Å². The predicted octanol–water partition coefficient (Wildman–Crippen LogP) is 2.84. The quantitative estimate of drug-likeness (QED) is 0.883. The number of rotatable bonds is 6. The Hall–Kier alpha value is -1.61. The second kappa shape index (κ2) is 6.02. The summed E-state index contributed by atoms with van der Waals surface area (Å²) in [4.78, 5) is 0. The van der Waals surface area contributed by atoms with Gasteiger partial charge in [-0.15, -0.1) is 0 Å². The van der Waals surface area contributed by atoms with Gasteiger partial charge in [-0.25, -0.2) is 0 Å². The Bertz CT molecular complexity index is 615. The van der Waals surface area contributed by atoms with Crippen LogP contribution in [0, 0.1) is 0 Å². The van der Waals surface area contributed by atoms with Gasteiger partial charge >= 0.3 is 0 Å². The van der Waals surface area contributed by atoms with Crippen molar-refractivity contribution in [2.45, 2.75) is 45.1 Å². The summed E-state index contributed by atoms with van der Waals surface area (Å²) >= 11 is 0. The SMILES string of the molecule is CCNC(Cc1cc(CC)nn1C)C1Cc2ccccc21. The van der Waals surface area contributed by atoms with Gasteiger partial charge in [0.25, 0.3) is 0 Å². The van der Waals surface area contributed by atoms with E-state index < -0.39 is 0 Å². The third-order valence-electron chi connectivity index (χ3n) is 4.67. The molecule has 2 aromatic rings. The highest BCUT2D eigenvalue weighted by Gasteiger charge is 2.32. The van der Waals surface area contributed by atoms with Crippen molar-refractivity contribution in [3.8, 4) is 0 Å². The van der Waals surface area contributed by atoms with E-state index in [4.69, 9.17) is 0 Å². The van der Waals surface area contributed by atoms with Crippen molar-refractivity contribution < 1.29 is 0 Å². The molecule has 1 heterocycles. The number of aryl methyl sites for hydroxylation is 2. The van der Waals surface area contributed by atoms with Gasteiger partial charge in [0.2, 0.25) is 0 Å². The summed E-state index contributed by atoms with van der Waals surface area (Å²) in [5, 5.41) is 8.27. The Morgan fingerprint density at radius 2 is 2.14 bits per heavy atom. The number of hydrogen-bond acceptors (Lipinski definition) is 2. The summed E-state index contributed by atoms with van der Waals surface area (Å²) in [6, 6.07) is 11.6. The topological polar surface area (TPSA) is 29.9 Å². The number of benzene rings is 1. The lowest BCUT2D eigenvalue weighted by Crippen LogP contribution is -2.41. The van der Waals surface area contributed by atoms with Gasteiger partial charge in [-0.2, -0.15) is 5.10 Å². The molecule has 0 saturated carbocycles. The molecule has 1 aromatic heterocycles. The zero-order valence-electron chi connectivity index (χ0n) is 13.3. The molecule has 1 aliphatic carbocycles. The molecular formula is C18H25N3. The maximum atomic E-state index is 4.58. The summed E-state index contributed by atoms with van der Waals surface area (Å²) < 4.78 is 2.05. The molecule has 0 radical (unpaired) electrons. The highest BCUT2D eigenvalue weighted by atomic mass is 15.3. The van der Waals surface area contributed by atoms with Crippen molar-refractivity contribution in [2.75, 3.05) is 6.54 Å². The van der Waals surface area contributed by atoms with Gasteiger partial charge < -0.3 is 5.32 Å². The minimum atomic E-state index is 0.505. The number of nitrogens with zero attached hydrogens (tertiary/aromatic N) is 2. The largest absolute Gasteiger partial charge is 0.313 e. The molecule has 1 aliphatic rings. The first-order valence-electron chi connectivity index (χ1n) is 8.05. The molecule has 1 aromatic carbocycles. The summed E-state index contributed by atoms with van der Waals surface area (Å²) in [5.74, 6) is 0.640. The first kappa shape index (κ1) is 14.3. The molecule has 2 atom stereocenters. The lowest BCUT2D eigenvalue weighted by atomic mass is 9.72. The molecular weight excluding hydrogens is 258 g/mol. The van der Waals surface area contributed by atoms with Gasteiger partial charge in [-0.3, -0.25) is 4.68 Å². The maximum Gasteiger partial charge on any atom is 0.0624 e. The summed E-state index contributed by atoms with van der Waals surface area (Å²) in [7, 11) is 2.06. The van der Waals surface area contributed by atoms with Crippen LogP contribution in [0.5, 0.6) is 0 Å². The molecule has 3 rings (SSSR count). The minimum Gasteiger partial charge on any atom is -0.313 e. The third-order valence-corrected chi connectivity index (χ3v) is 4.67. The average molecular weight is 283 g/mol. The second-order valence-corrected chi connectivity index (χ2v) is 5.98. The molecule has 2 unspecified atom stereocenters. The number of nitrogens with one attached hydrogen (secondary N) is 1. The Balaban J connectivity index is 1.78. The van der Waals surface area contributed by atoms with E-state index in [1.54, 1.807) is 0 Å². The molecule has 3 nitrogen and oxygen atoms in total. The third kappa shape index (κ3) is 2.75. The van der Waals surface area contributed by atoms with Gasteiger partial charge in [0, 0.05) is 31.1 Å². The number of likely N-dealkylation sites (N-methyl/N-ethyl adjacent to an activating group) is 1. The van der Waals surface area contributed by atoms with Crippen LogP contribution < -0.4 is 5.32 Å². The smallest absolute Gasteiger partial charge is 0.0624 e. The highest BCUT2D eigenvalue weighted by molar-refractivity contribution is 5.41. The average Bonchev–Trinajstić information content (AvgIpc) is 2.81. The van der Waals surface area contributed by atoms with Crippen LogP contribution in [-0.4, -0.2) is 22.4 Å². The van der Waals surface area contributed by atoms with Crippen molar-refractivity contribution in [2.24, 2.45) is 7.05 Å². The zero-order chi connectivity index (χ0) is 14.8. The number of hydrogen-bond donors (Lipinski definition) is 1. The van der Waals surface area contributed by atoms with E-state index in [2.05, 4.69) is 61.6 Å². The fraction of sp³-hybridized carbons (Fsp3) is 0.500. The lowest BCUT2D eigenvalue weighted by molar-refractivity contribution is 0.397. The molecule has 0 spiro atoms. The van der Waals surface area contributed by atoms with E-state index >= 15 is 0 Å². The normalized spacial score (nSPS) is 18.1. The van der Waals surface area contributed by atoms with Crippen molar-refractivity contribution in [1.82, 2.24) is 15.1 Å². The molecule has 3 heteroatoms. The van der Waals surface area contributed by atoms with Crippen molar-refractivity contribution in [1.29, 1.82) is 0 Å². The molecule has 0 aliphatic heterocycles. The Morgan fingerprint density at radius 1 is 1.33 bits per heavy atom. The summed E-state index contributed by atoms with van der Waals surface area (Å²) in [6.45, 7) is 5.37. The first-order chi connectivity index (χ1) is 10.2. The van der Waals surface area contributed by atoms with Gasteiger partial charge in [0.05, 0.1) is 5.69 Å². The van der Waals surface area contributed by atoms with E-state index in [0.717, 1.165) is 19.4 Å². The monoisotopic (exact) mass is 283 g/mol. The van der Waals surface area contributed by atoms with E-state index in [-0.39, 0.29) is 0 Å². The standard InChI is InChI=1S/C18H25N3/c1-4-14-11-15(21(3)20-14)12-18(19-5-2)17-10-13-8-6-7-9-16(13)17/h6-9,11,17-19H,4-5,10,12H2,1-3H3. The highest BCUT2D eigenvalue weighted by Crippen LogP contribution is 2.38. The summed E-state index contributed by atoms with van der Waals surface area (Å²) in [6.07, 6.45) is 3.26. The van der Waals surface area contributed by atoms with Crippen LogP contribution in [-0.2, 0) is 26.3 Å². The molecule has 0 fully saturated rings. The molecule has 112 valence electrons. The zero-order valence-corrected chi connectivity index (χ0v) is 13.3. The second-order valence-electron chi connectivity index (χ2n) is 5.98. The van der Waals surface area contributed by atoms with Gasteiger partial charge in [-0.1, -0.05) is 38.1 Å². The van der Waals surface area contributed by atoms with Crippen LogP contribution in [0.1, 0.15) is 42.3 Å². The fourth-order valence-electron chi connectivity index (χ4n) is 3.44. The van der Waals surface area contributed by atoms with Crippen LogP contribution in [0.25, 0.3) is 0 Å². The Morgan fingerprint density at radius 3 is 2.81 bits per heavy atom. The number of fused-ring (bicyclic) bond motifs is 1.